The van der Waals surface area contributed by atoms with Crippen LogP contribution < -0.4 is 0 Å². The zero-order chi connectivity index (χ0) is 15.2. The van der Waals surface area contributed by atoms with E-state index >= 15 is 0 Å². The topological polar surface area (TPSA) is 19.4 Å². The first kappa shape index (κ1) is 15.7. The Kier molecular flexibility index (Phi) is 5.63. The molecule has 2 atom stereocenters. The smallest absolute Gasteiger partial charge is 0.0312 e. The Morgan fingerprint density at radius 2 is 2.18 bits per heavy atom. The molecule has 1 aromatic heterocycles. The van der Waals surface area contributed by atoms with Gasteiger partial charge in [-0.3, -0.25) is 9.88 Å². The fourth-order valence-electron chi connectivity index (χ4n) is 4.26. The van der Waals surface area contributed by atoms with E-state index in [1.165, 1.54) is 57.3 Å². The van der Waals surface area contributed by atoms with Crippen molar-refractivity contribution in [1.29, 1.82) is 0 Å². The Balaban J connectivity index is 1.63. The summed E-state index contributed by atoms with van der Waals surface area (Å²) in [6.07, 6.45) is 12.9. The molecule has 120 valence electrons. The van der Waals surface area contributed by atoms with E-state index in [1.54, 1.807) is 0 Å². The Morgan fingerprint density at radius 3 is 3.00 bits per heavy atom. The van der Waals surface area contributed by atoms with Crippen LogP contribution in [0, 0.1) is 5.92 Å². The van der Waals surface area contributed by atoms with E-state index in [0.29, 0.717) is 0 Å². The molecular formula is C19H29N3. The van der Waals surface area contributed by atoms with Gasteiger partial charge in [-0.1, -0.05) is 18.6 Å². The SMILES string of the molecule is C=CCN(Cc1cccnc1)C[C@@H]1CCCN2CCCC[C@H]12. The van der Waals surface area contributed by atoms with Gasteiger partial charge in [-0.05, 0) is 56.3 Å². The molecule has 0 radical (unpaired) electrons. The van der Waals surface area contributed by atoms with Crippen LogP contribution in [0.25, 0.3) is 0 Å². The second kappa shape index (κ2) is 7.89. The van der Waals surface area contributed by atoms with Crippen LogP contribution >= 0.6 is 0 Å². The van der Waals surface area contributed by atoms with Crippen molar-refractivity contribution in [2.45, 2.75) is 44.7 Å². The highest BCUT2D eigenvalue weighted by molar-refractivity contribution is 5.08. The average Bonchev–Trinajstić information content (AvgIpc) is 2.56. The molecule has 3 heteroatoms. The summed E-state index contributed by atoms with van der Waals surface area (Å²) in [5.74, 6) is 0.825. The van der Waals surface area contributed by atoms with Crippen LogP contribution in [0.15, 0.2) is 37.2 Å². The fourth-order valence-corrected chi connectivity index (χ4v) is 4.26. The fraction of sp³-hybridized carbons (Fsp3) is 0.632. The van der Waals surface area contributed by atoms with Gasteiger partial charge in [0.15, 0.2) is 0 Å². The third-order valence-electron chi connectivity index (χ3n) is 5.24. The van der Waals surface area contributed by atoms with Crippen LogP contribution in [0.3, 0.4) is 0 Å². The van der Waals surface area contributed by atoms with E-state index in [2.05, 4.69) is 27.4 Å². The first-order chi connectivity index (χ1) is 10.9. The summed E-state index contributed by atoms with van der Waals surface area (Å²) in [5.41, 5.74) is 1.31. The van der Waals surface area contributed by atoms with Crippen molar-refractivity contribution in [3.63, 3.8) is 0 Å². The van der Waals surface area contributed by atoms with Crippen molar-refractivity contribution < 1.29 is 0 Å². The molecule has 0 spiro atoms. The first-order valence-electron chi connectivity index (χ1n) is 8.83. The van der Waals surface area contributed by atoms with Crippen LogP contribution in [0.2, 0.25) is 0 Å². The highest BCUT2D eigenvalue weighted by Gasteiger charge is 2.33. The van der Waals surface area contributed by atoms with Crippen molar-refractivity contribution in [1.82, 2.24) is 14.8 Å². The number of hydrogen-bond acceptors (Lipinski definition) is 3. The minimum Gasteiger partial charge on any atom is -0.300 e. The molecule has 0 aromatic carbocycles. The number of fused-ring (bicyclic) bond motifs is 1. The zero-order valence-electron chi connectivity index (χ0n) is 13.7. The lowest BCUT2D eigenvalue weighted by Crippen LogP contribution is -2.50. The molecule has 0 N–H and O–H groups in total. The number of rotatable bonds is 6. The molecule has 1 aromatic rings. The second-order valence-electron chi connectivity index (χ2n) is 6.85. The van der Waals surface area contributed by atoms with Gasteiger partial charge >= 0.3 is 0 Å². The van der Waals surface area contributed by atoms with Crippen molar-refractivity contribution in [2.75, 3.05) is 26.2 Å². The Hall–Kier alpha value is -1.19. The van der Waals surface area contributed by atoms with Gasteiger partial charge in [0.2, 0.25) is 0 Å². The number of aromatic nitrogens is 1. The maximum Gasteiger partial charge on any atom is 0.0312 e. The van der Waals surface area contributed by atoms with E-state index < -0.39 is 0 Å². The summed E-state index contributed by atoms with van der Waals surface area (Å²) in [4.78, 5) is 9.56. The van der Waals surface area contributed by atoms with Crippen LogP contribution in [-0.2, 0) is 6.54 Å². The highest BCUT2D eigenvalue weighted by atomic mass is 15.2. The second-order valence-corrected chi connectivity index (χ2v) is 6.85. The molecule has 3 nitrogen and oxygen atoms in total. The van der Waals surface area contributed by atoms with E-state index in [1.807, 2.05) is 24.5 Å². The molecule has 0 saturated carbocycles. The average molecular weight is 299 g/mol. The summed E-state index contributed by atoms with van der Waals surface area (Å²) in [5, 5.41) is 0. The number of hydrogen-bond donors (Lipinski definition) is 0. The Labute approximate surface area is 135 Å². The molecule has 3 heterocycles. The van der Waals surface area contributed by atoms with Crippen LogP contribution in [0.1, 0.15) is 37.7 Å². The van der Waals surface area contributed by atoms with Gasteiger partial charge in [0, 0.05) is 38.1 Å². The van der Waals surface area contributed by atoms with Crippen LogP contribution in [-0.4, -0.2) is 47.0 Å². The van der Waals surface area contributed by atoms with Gasteiger partial charge in [0.1, 0.15) is 0 Å². The predicted molar refractivity (Wildman–Crippen MR) is 91.6 cm³/mol. The third-order valence-corrected chi connectivity index (χ3v) is 5.24. The molecular weight excluding hydrogens is 270 g/mol. The standard InChI is InChI=1S/C19H29N3/c1-2-11-21(15-17-7-5-10-20-14-17)16-18-8-6-13-22-12-4-3-9-19(18)22/h2,5,7,10,14,18-19H,1,3-4,6,8-9,11-13,15-16H2/t18-,19+/m0/s1. The van der Waals surface area contributed by atoms with E-state index in [-0.39, 0.29) is 0 Å². The van der Waals surface area contributed by atoms with Gasteiger partial charge in [0.25, 0.3) is 0 Å². The molecule has 2 fully saturated rings. The molecule has 22 heavy (non-hydrogen) atoms. The minimum absolute atomic E-state index is 0.823. The highest BCUT2D eigenvalue weighted by Crippen LogP contribution is 2.31. The molecule has 0 unspecified atom stereocenters. The molecule has 2 saturated heterocycles. The first-order valence-corrected chi connectivity index (χ1v) is 8.83. The van der Waals surface area contributed by atoms with Crippen molar-refractivity contribution >= 4 is 0 Å². The molecule has 3 rings (SSSR count). The van der Waals surface area contributed by atoms with Crippen molar-refractivity contribution in [3.8, 4) is 0 Å². The Morgan fingerprint density at radius 1 is 1.27 bits per heavy atom. The van der Waals surface area contributed by atoms with Crippen LogP contribution in [0.5, 0.6) is 0 Å². The third kappa shape index (κ3) is 3.96. The van der Waals surface area contributed by atoms with E-state index in [9.17, 15) is 0 Å². The lowest BCUT2D eigenvalue weighted by molar-refractivity contribution is 0.0410. The van der Waals surface area contributed by atoms with Crippen LogP contribution in [0.4, 0.5) is 0 Å². The largest absolute Gasteiger partial charge is 0.300 e. The number of piperidine rings is 2. The zero-order valence-corrected chi connectivity index (χ0v) is 13.7. The predicted octanol–water partition coefficient (Wildman–Crippen LogP) is 3.33. The lowest BCUT2D eigenvalue weighted by Gasteiger charge is -2.45. The normalized spacial score (nSPS) is 25.9. The Bertz CT molecular complexity index is 457. The summed E-state index contributed by atoms with van der Waals surface area (Å²) < 4.78 is 0. The summed E-state index contributed by atoms with van der Waals surface area (Å²) >= 11 is 0. The van der Waals surface area contributed by atoms with Gasteiger partial charge in [-0.15, -0.1) is 6.58 Å². The van der Waals surface area contributed by atoms with E-state index in [4.69, 9.17) is 0 Å². The van der Waals surface area contributed by atoms with Gasteiger partial charge in [-0.25, -0.2) is 0 Å². The maximum absolute atomic E-state index is 4.25. The van der Waals surface area contributed by atoms with Gasteiger partial charge < -0.3 is 4.90 Å². The number of pyridine rings is 1. The van der Waals surface area contributed by atoms with Crippen molar-refractivity contribution in [3.05, 3.63) is 42.7 Å². The molecule has 2 aliphatic rings. The minimum atomic E-state index is 0.823. The monoisotopic (exact) mass is 299 g/mol. The molecule has 0 bridgehead atoms. The summed E-state index contributed by atoms with van der Waals surface area (Å²) in [7, 11) is 0. The van der Waals surface area contributed by atoms with Crippen molar-refractivity contribution in [2.24, 2.45) is 5.92 Å². The molecule has 0 aliphatic carbocycles. The molecule has 2 aliphatic heterocycles. The summed E-state index contributed by atoms with van der Waals surface area (Å²) in [6, 6.07) is 5.03. The van der Waals surface area contributed by atoms with Gasteiger partial charge in [0.05, 0.1) is 0 Å². The van der Waals surface area contributed by atoms with E-state index in [0.717, 1.165) is 25.0 Å². The summed E-state index contributed by atoms with van der Waals surface area (Å²) in [6.45, 7) is 9.75. The molecule has 0 amide bonds. The maximum atomic E-state index is 4.25. The van der Waals surface area contributed by atoms with Gasteiger partial charge in [-0.2, -0.15) is 0 Å². The lowest BCUT2D eigenvalue weighted by atomic mass is 9.83. The quantitative estimate of drug-likeness (QED) is 0.751. The number of nitrogens with zero attached hydrogens (tertiary/aromatic N) is 3.